The first-order valence-corrected chi connectivity index (χ1v) is 12.1. The van der Waals surface area contributed by atoms with Gasteiger partial charge in [0, 0.05) is 56.0 Å². The molecule has 2 N–H and O–H groups in total. The Kier molecular flexibility index (Phi) is 11.1. The highest BCUT2D eigenvalue weighted by molar-refractivity contribution is 7.99. The number of benzene rings is 1. The molecular formula is C22H34Cl2N4O3S. The van der Waals surface area contributed by atoms with Crippen LogP contribution in [0.15, 0.2) is 24.3 Å². The largest absolute Gasteiger partial charge is 0.465 e. The van der Waals surface area contributed by atoms with Crippen molar-refractivity contribution < 1.29 is 14.3 Å². The number of hydrogen-bond donors (Lipinski definition) is 2. The van der Waals surface area contributed by atoms with Crippen LogP contribution in [0.25, 0.3) is 0 Å². The molecule has 7 nitrogen and oxygen atoms in total. The zero-order valence-electron chi connectivity index (χ0n) is 18.5. The average Bonchev–Trinajstić information content (AvgIpc) is 3.03. The average molecular weight is 506 g/mol. The third-order valence-electron chi connectivity index (χ3n) is 6.07. The van der Waals surface area contributed by atoms with E-state index in [1.54, 1.807) is 0 Å². The molecule has 0 radical (unpaired) electrons. The van der Waals surface area contributed by atoms with Gasteiger partial charge in [0.15, 0.2) is 0 Å². The number of rotatable bonds is 7. The van der Waals surface area contributed by atoms with Gasteiger partial charge in [-0.3, -0.25) is 19.4 Å². The number of likely N-dealkylation sites (tertiary alicyclic amines) is 1. The second-order valence-electron chi connectivity index (χ2n) is 8.42. The topological polar surface area (TPSA) is 73.9 Å². The second-order valence-corrected chi connectivity index (χ2v) is 9.64. The van der Waals surface area contributed by atoms with Crippen molar-refractivity contribution in [2.24, 2.45) is 5.92 Å². The van der Waals surface area contributed by atoms with Gasteiger partial charge in [-0.1, -0.05) is 12.1 Å². The van der Waals surface area contributed by atoms with Crippen LogP contribution in [-0.4, -0.2) is 84.6 Å². The Balaban J connectivity index is 0.00000181. The quantitative estimate of drug-likeness (QED) is 0.551. The van der Waals surface area contributed by atoms with Gasteiger partial charge in [0.05, 0.1) is 13.2 Å². The monoisotopic (exact) mass is 504 g/mol. The second kappa shape index (κ2) is 13.0. The van der Waals surface area contributed by atoms with Crippen molar-refractivity contribution in [1.82, 2.24) is 15.1 Å². The number of piperidine rings is 1. The summed E-state index contributed by atoms with van der Waals surface area (Å²) in [7, 11) is 0. The van der Waals surface area contributed by atoms with Crippen LogP contribution < -0.4 is 10.6 Å². The van der Waals surface area contributed by atoms with Gasteiger partial charge in [-0.25, -0.2) is 0 Å². The molecule has 3 aliphatic rings. The van der Waals surface area contributed by atoms with Crippen LogP contribution in [0.1, 0.15) is 18.9 Å². The fourth-order valence-corrected chi connectivity index (χ4v) is 5.75. The molecule has 3 atom stereocenters. The number of nitrogens with zero attached hydrogens (tertiary/aromatic N) is 2. The first-order valence-electron chi connectivity index (χ1n) is 10.9. The number of ether oxygens (including phenoxy) is 1. The fraction of sp³-hybridized carbons (Fsp3) is 0.636. The summed E-state index contributed by atoms with van der Waals surface area (Å²) in [6, 6.07) is 8.17. The molecule has 3 saturated heterocycles. The highest BCUT2D eigenvalue weighted by Gasteiger charge is 2.44. The van der Waals surface area contributed by atoms with Gasteiger partial charge in [-0.15, -0.1) is 24.8 Å². The maximum absolute atomic E-state index is 12.7. The van der Waals surface area contributed by atoms with Crippen LogP contribution in [-0.2, 0) is 20.9 Å². The minimum Gasteiger partial charge on any atom is -0.465 e. The number of fused-ring (bicyclic) bond motifs is 2. The number of amides is 1. The van der Waals surface area contributed by atoms with Crippen LogP contribution in [0.3, 0.4) is 0 Å². The summed E-state index contributed by atoms with van der Waals surface area (Å²) in [4.78, 5) is 29.4. The van der Waals surface area contributed by atoms with Crippen LogP contribution in [0.4, 0.5) is 5.69 Å². The third-order valence-corrected chi connectivity index (χ3v) is 7.02. The van der Waals surface area contributed by atoms with Crippen molar-refractivity contribution in [1.29, 1.82) is 0 Å². The van der Waals surface area contributed by atoms with E-state index in [9.17, 15) is 9.59 Å². The zero-order chi connectivity index (χ0) is 20.9. The number of nitrogens with one attached hydrogen (secondary N) is 2. The summed E-state index contributed by atoms with van der Waals surface area (Å²) in [5, 5.41) is 6.44. The van der Waals surface area contributed by atoms with Crippen LogP contribution in [0.2, 0.25) is 0 Å². The van der Waals surface area contributed by atoms with Gasteiger partial charge < -0.3 is 15.4 Å². The minimum atomic E-state index is -0.243. The summed E-state index contributed by atoms with van der Waals surface area (Å²) in [5.74, 6) is 2.43. The number of esters is 1. The van der Waals surface area contributed by atoms with Crippen molar-refractivity contribution >= 4 is 54.1 Å². The molecule has 1 amide bonds. The Hall–Kier alpha value is -1.03. The van der Waals surface area contributed by atoms with Crippen molar-refractivity contribution in [2.45, 2.75) is 32.0 Å². The molecule has 10 heteroatoms. The van der Waals surface area contributed by atoms with Gasteiger partial charge in [0.1, 0.15) is 6.04 Å². The highest BCUT2D eigenvalue weighted by atomic mass is 35.5. The lowest BCUT2D eigenvalue weighted by molar-refractivity contribution is -0.146. The Morgan fingerprint density at radius 3 is 2.72 bits per heavy atom. The predicted octanol–water partition coefficient (Wildman–Crippen LogP) is 2.24. The molecule has 0 saturated carbocycles. The smallest absolute Gasteiger partial charge is 0.323 e. The lowest BCUT2D eigenvalue weighted by Gasteiger charge is -2.30. The molecule has 3 heterocycles. The van der Waals surface area contributed by atoms with Gasteiger partial charge >= 0.3 is 5.97 Å². The van der Waals surface area contributed by atoms with Crippen LogP contribution in [0, 0.1) is 5.92 Å². The van der Waals surface area contributed by atoms with Gasteiger partial charge in [0.2, 0.25) is 5.91 Å². The number of carbonyl (C=O) groups is 2. The lowest BCUT2D eigenvalue weighted by Crippen LogP contribution is -2.44. The SMILES string of the molecule is CCOC(=O)C1NC2CC1CN(CC(=O)Nc1cccc(CN3CCSCC3)c1)C2.Cl.Cl. The Labute approximate surface area is 207 Å². The van der Waals surface area contributed by atoms with Crippen LogP contribution >= 0.6 is 36.6 Å². The van der Waals surface area contributed by atoms with Crippen molar-refractivity contribution in [3.63, 3.8) is 0 Å². The van der Waals surface area contributed by atoms with Gasteiger partial charge in [-0.2, -0.15) is 11.8 Å². The van der Waals surface area contributed by atoms with E-state index in [2.05, 4.69) is 32.6 Å². The molecule has 180 valence electrons. The Bertz CT molecular complexity index is 766. The number of anilines is 1. The van der Waals surface area contributed by atoms with E-state index < -0.39 is 0 Å². The molecule has 3 fully saturated rings. The molecule has 32 heavy (non-hydrogen) atoms. The van der Waals surface area contributed by atoms with E-state index in [1.807, 2.05) is 30.8 Å². The minimum absolute atomic E-state index is 0. The lowest BCUT2D eigenvalue weighted by atomic mass is 9.95. The summed E-state index contributed by atoms with van der Waals surface area (Å²) in [5.41, 5.74) is 2.09. The van der Waals surface area contributed by atoms with Crippen molar-refractivity contribution in [3.05, 3.63) is 29.8 Å². The van der Waals surface area contributed by atoms with Gasteiger partial charge in [0.25, 0.3) is 0 Å². The van der Waals surface area contributed by atoms with Crippen LogP contribution in [0.5, 0.6) is 0 Å². The Morgan fingerprint density at radius 1 is 1.19 bits per heavy atom. The molecule has 4 rings (SSSR count). The summed E-state index contributed by atoms with van der Waals surface area (Å²) in [6.45, 7) is 7.28. The number of thioether (sulfide) groups is 1. The van der Waals surface area contributed by atoms with Crippen molar-refractivity contribution in [2.75, 3.05) is 56.2 Å². The molecule has 0 aliphatic carbocycles. The van der Waals surface area contributed by atoms with Gasteiger partial charge in [-0.05, 0) is 37.0 Å². The number of carbonyl (C=O) groups excluding carboxylic acids is 2. The normalized spacial score (nSPS) is 25.3. The molecule has 3 unspecified atom stereocenters. The number of hydrogen-bond acceptors (Lipinski definition) is 7. The maximum atomic E-state index is 12.7. The Morgan fingerprint density at radius 2 is 1.97 bits per heavy atom. The van der Waals surface area contributed by atoms with E-state index in [0.29, 0.717) is 13.2 Å². The standard InChI is InChI=1S/C22H32N4O3S.2ClH/c1-2-29-22(28)21-17-11-19(24-21)14-26(13-17)15-20(27)23-18-5-3-4-16(10-18)12-25-6-8-30-9-7-25;;/h3-5,10,17,19,21,24H,2,6-9,11-15H2,1H3,(H,23,27);2*1H. The molecule has 0 aromatic heterocycles. The summed E-state index contributed by atoms with van der Waals surface area (Å²) in [6.07, 6.45) is 0.971. The summed E-state index contributed by atoms with van der Waals surface area (Å²) >= 11 is 2.01. The van der Waals surface area contributed by atoms with E-state index in [4.69, 9.17) is 4.74 Å². The number of halogens is 2. The van der Waals surface area contributed by atoms with E-state index in [-0.39, 0.29) is 54.7 Å². The third kappa shape index (κ3) is 7.23. The molecule has 0 spiro atoms. The molecule has 1 aromatic carbocycles. The summed E-state index contributed by atoms with van der Waals surface area (Å²) < 4.78 is 5.19. The van der Waals surface area contributed by atoms with E-state index in [1.165, 1.54) is 17.1 Å². The van der Waals surface area contributed by atoms with Crippen molar-refractivity contribution in [3.8, 4) is 0 Å². The van der Waals surface area contributed by atoms with E-state index >= 15 is 0 Å². The molecule has 1 aromatic rings. The highest BCUT2D eigenvalue weighted by Crippen LogP contribution is 2.28. The first-order chi connectivity index (χ1) is 14.6. The predicted molar refractivity (Wildman–Crippen MR) is 134 cm³/mol. The zero-order valence-corrected chi connectivity index (χ0v) is 20.9. The van der Waals surface area contributed by atoms with E-state index in [0.717, 1.165) is 44.8 Å². The fourth-order valence-electron chi connectivity index (χ4n) is 4.77. The molecule has 2 bridgehead atoms. The molecule has 3 aliphatic heterocycles. The first kappa shape index (κ1) is 27.2. The maximum Gasteiger partial charge on any atom is 0.323 e. The molecular weight excluding hydrogens is 471 g/mol.